The maximum atomic E-state index is 12.8. The van der Waals surface area contributed by atoms with Crippen LogP contribution in [0.25, 0.3) is 10.9 Å². The van der Waals surface area contributed by atoms with E-state index in [4.69, 9.17) is 9.72 Å². The van der Waals surface area contributed by atoms with Crippen LogP contribution in [0.4, 0.5) is 0 Å². The molecule has 5 heteroatoms. The number of rotatable bonds is 5. The molecule has 0 radical (unpaired) electrons. The van der Waals surface area contributed by atoms with E-state index in [2.05, 4.69) is 10.3 Å². The lowest BCUT2D eigenvalue weighted by Gasteiger charge is -2.10. The number of nitrogens with one attached hydrogen (secondary N) is 1. The van der Waals surface area contributed by atoms with Crippen molar-refractivity contribution in [1.29, 1.82) is 0 Å². The molecule has 1 amide bonds. The highest BCUT2D eigenvalue weighted by molar-refractivity contribution is 6.06. The van der Waals surface area contributed by atoms with Crippen molar-refractivity contribution in [3.8, 4) is 5.88 Å². The summed E-state index contributed by atoms with van der Waals surface area (Å²) in [6, 6.07) is 13.4. The Labute approximate surface area is 146 Å². The van der Waals surface area contributed by atoms with Crippen LogP contribution in [0.2, 0.25) is 0 Å². The average molecular weight is 333 g/mol. The van der Waals surface area contributed by atoms with E-state index in [1.807, 2.05) is 36.4 Å². The first-order chi connectivity index (χ1) is 12.2. The summed E-state index contributed by atoms with van der Waals surface area (Å²) in [7, 11) is 1.58. The Morgan fingerprint density at radius 3 is 2.80 bits per heavy atom. The lowest BCUT2D eigenvalue weighted by molar-refractivity contribution is 0.0952. The molecule has 126 valence electrons. The third-order valence-corrected chi connectivity index (χ3v) is 4.44. The zero-order chi connectivity index (χ0) is 17.2. The number of aromatic nitrogens is 2. The molecule has 1 N–H and O–H groups in total. The Balaban J connectivity index is 1.58. The monoisotopic (exact) mass is 333 g/mol. The van der Waals surface area contributed by atoms with Crippen LogP contribution in [-0.4, -0.2) is 23.0 Å². The molecule has 1 aliphatic carbocycles. The molecule has 0 unspecified atom stereocenters. The molecule has 0 aliphatic heterocycles. The van der Waals surface area contributed by atoms with Crippen LogP contribution < -0.4 is 10.1 Å². The minimum Gasteiger partial charge on any atom is -0.481 e. The Kier molecular flexibility index (Phi) is 4.06. The maximum Gasteiger partial charge on any atom is 0.252 e. The fourth-order valence-electron chi connectivity index (χ4n) is 2.89. The van der Waals surface area contributed by atoms with Crippen LogP contribution in [0, 0.1) is 0 Å². The van der Waals surface area contributed by atoms with Crippen molar-refractivity contribution in [3.05, 3.63) is 65.5 Å². The number of pyridine rings is 2. The standard InChI is InChI=1S/C20H19N3O2/c1-25-19-9-6-13(11-21-19)12-22-20(24)16-10-18(14-7-8-14)23-17-5-3-2-4-15(16)17/h2-6,9-11,14H,7-8,12H2,1H3,(H,22,24). The molecular weight excluding hydrogens is 314 g/mol. The molecule has 25 heavy (non-hydrogen) atoms. The van der Waals surface area contributed by atoms with Gasteiger partial charge in [-0.1, -0.05) is 24.3 Å². The lowest BCUT2D eigenvalue weighted by atomic mass is 10.1. The van der Waals surface area contributed by atoms with Gasteiger partial charge in [-0.05, 0) is 30.5 Å². The summed E-state index contributed by atoms with van der Waals surface area (Å²) in [5.74, 6) is 0.975. The van der Waals surface area contributed by atoms with Crippen molar-refractivity contribution in [3.63, 3.8) is 0 Å². The summed E-state index contributed by atoms with van der Waals surface area (Å²) in [6.07, 6.45) is 4.02. The second-order valence-corrected chi connectivity index (χ2v) is 6.28. The number of benzene rings is 1. The van der Waals surface area contributed by atoms with Gasteiger partial charge in [-0.15, -0.1) is 0 Å². The first kappa shape index (κ1) is 15.6. The minimum atomic E-state index is -0.0867. The van der Waals surface area contributed by atoms with Gasteiger partial charge in [-0.3, -0.25) is 9.78 Å². The van der Waals surface area contributed by atoms with Crippen molar-refractivity contribution < 1.29 is 9.53 Å². The van der Waals surface area contributed by atoms with Crippen LogP contribution in [0.15, 0.2) is 48.7 Å². The number of carbonyl (C=O) groups excluding carboxylic acids is 1. The highest BCUT2D eigenvalue weighted by Gasteiger charge is 2.26. The Morgan fingerprint density at radius 1 is 1.24 bits per heavy atom. The third kappa shape index (κ3) is 3.31. The van der Waals surface area contributed by atoms with Gasteiger partial charge in [0.1, 0.15) is 0 Å². The predicted molar refractivity (Wildman–Crippen MR) is 95.7 cm³/mol. The van der Waals surface area contributed by atoms with Crippen molar-refractivity contribution in [1.82, 2.24) is 15.3 Å². The topological polar surface area (TPSA) is 64.1 Å². The van der Waals surface area contributed by atoms with Gasteiger partial charge < -0.3 is 10.1 Å². The fourth-order valence-corrected chi connectivity index (χ4v) is 2.89. The van der Waals surface area contributed by atoms with Crippen molar-refractivity contribution >= 4 is 16.8 Å². The molecule has 0 saturated heterocycles. The number of carbonyl (C=O) groups is 1. The molecule has 1 aromatic carbocycles. The van der Waals surface area contributed by atoms with Gasteiger partial charge in [0, 0.05) is 35.8 Å². The summed E-state index contributed by atoms with van der Waals surface area (Å²) in [6.45, 7) is 0.422. The molecule has 0 atom stereocenters. The number of hydrogen-bond donors (Lipinski definition) is 1. The predicted octanol–water partition coefficient (Wildman–Crippen LogP) is 3.45. The van der Waals surface area contributed by atoms with E-state index < -0.39 is 0 Å². The second-order valence-electron chi connectivity index (χ2n) is 6.28. The molecule has 2 heterocycles. The maximum absolute atomic E-state index is 12.8. The van der Waals surface area contributed by atoms with E-state index in [0.717, 1.165) is 35.0 Å². The number of methoxy groups -OCH3 is 1. The summed E-state index contributed by atoms with van der Waals surface area (Å²) in [4.78, 5) is 21.6. The van der Waals surface area contributed by atoms with Gasteiger partial charge in [0.25, 0.3) is 5.91 Å². The minimum absolute atomic E-state index is 0.0867. The number of hydrogen-bond acceptors (Lipinski definition) is 4. The molecule has 0 bridgehead atoms. The molecule has 1 aliphatic rings. The van der Waals surface area contributed by atoms with Gasteiger partial charge in [0.05, 0.1) is 18.2 Å². The lowest BCUT2D eigenvalue weighted by Crippen LogP contribution is -2.23. The number of fused-ring (bicyclic) bond motifs is 1. The molecular formula is C20H19N3O2. The fraction of sp³-hybridized carbons (Fsp3) is 0.250. The summed E-state index contributed by atoms with van der Waals surface area (Å²) in [5, 5.41) is 3.87. The SMILES string of the molecule is COc1ccc(CNC(=O)c2cc(C3CC3)nc3ccccc23)cn1. The number of amides is 1. The van der Waals surface area contributed by atoms with E-state index in [1.54, 1.807) is 19.4 Å². The normalized spacial score (nSPS) is 13.6. The molecule has 1 fully saturated rings. The van der Waals surface area contributed by atoms with Gasteiger partial charge in [0.2, 0.25) is 5.88 Å². The van der Waals surface area contributed by atoms with Crippen LogP contribution in [0.5, 0.6) is 5.88 Å². The van der Waals surface area contributed by atoms with E-state index in [0.29, 0.717) is 23.9 Å². The van der Waals surface area contributed by atoms with Crippen LogP contribution >= 0.6 is 0 Å². The van der Waals surface area contributed by atoms with Crippen molar-refractivity contribution in [2.75, 3.05) is 7.11 Å². The summed E-state index contributed by atoms with van der Waals surface area (Å²) in [5.41, 5.74) is 3.52. The highest BCUT2D eigenvalue weighted by Crippen LogP contribution is 2.40. The number of para-hydroxylation sites is 1. The smallest absolute Gasteiger partial charge is 0.252 e. The van der Waals surface area contributed by atoms with E-state index >= 15 is 0 Å². The van der Waals surface area contributed by atoms with Gasteiger partial charge >= 0.3 is 0 Å². The van der Waals surface area contributed by atoms with Crippen molar-refractivity contribution in [2.24, 2.45) is 0 Å². The first-order valence-corrected chi connectivity index (χ1v) is 8.41. The zero-order valence-electron chi connectivity index (χ0n) is 14.0. The molecule has 2 aromatic heterocycles. The van der Waals surface area contributed by atoms with Crippen LogP contribution in [0.3, 0.4) is 0 Å². The number of ether oxygens (including phenoxy) is 1. The third-order valence-electron chi connectivity index (χ3n) is 4.44. The van der Waals surface area contributed by atoms with E-state index in [9.17, 15) is 4.79 Å². The number of nitrogens with zero attached hydrogens (tertiary/aromatic N) is 2. The highest BCUT2D eigenvalue weighted by atomic mass is 16.5. The Hall–Kier alpha value is -2.95. The van der Waals surface area contributed by atoms with Crippen LogP contribution in [0.1, 0.15) is 40.4 Å². The van der Waals surface area contributed by atoms with Gasteiger partial charge in [-0.25, -0.2) is 4.98 Å². The Bertz CT molecular complexity index is 918. The van der Waals surface area contributed by atoms with Crippen molar-refractivity contribution in [2.45, 2.75) is 25.3 Å². The zero-order valence-corrected chi connectivity index (χ0v) is 14.0. The first-order valence-electron chi connectivity index (χ1n) is 8.41. The van der Waals surface area contributed by atoms with Gasteiger partial charge in [0.15, 0.2) is 0 Å². The second kappa shape index (κ2) is 6.51. The largest absolute Gasteiger partial charge is 0.481 e. The summed E-state index contributed by atoms with van der Waals surface area (Å²) < 4.78 is 5.05. The quantitative estimate of drug-likeness (QED) is 0.777. The molecule has 1 saturated carbocycles. The average Bonchev–Trinajstić information content (AvgIpc) is 3.51. The molecule has 5 nitrogen and oxygen atoms in total. The summed E-state index contributed by atoms with van der Waals surface area (Å²) >= 11 is 0. The van der Waals surface area contributed by atoms with E-state index in [1.165, 1.54) is 0 Å². The van der Waals surface area contributed by atoms with Gasteiger partial charge in [-0.2, -0.15) is 0 Å². The van der Waals surface area contributed by atoms with Crippen LogP contribution in [-0.2, 0) is 6.54 Å². The molecule has 4 rings (SSSR count). The molecule has 0 spiro atoms. The molecule has 3 aromatic rings. The van der Waals surface area contributed by atoms with E-state index in [-0.39, 0.29) is 5.91 Å². The Morgan fingerprint density at radius 2 is 2.08 bits per heavy atom.